The number of benzene rings is 1. The first-order chi connectivity index (χ1) is 7.81. The van der Waals surface area contributed by atoms with E-state index in [2.05, 4.69) is 5.32 Å². The predicted molar refractivity (Wildman–Crippen MR) is 60.2 cm³/mol. The summed E-state index contributed by atoms with van der Waals surface area (Å²) in [5.74, 6) is 0.506. The molecule has 0 amide bonds. The van der Waals surface area contributed by atoms with E-state index in [1.54, 1.807) is 12.1 Å². The Hall–Kier alpha value is -1.40. The average Bonchev–Trinajstić information content (AvgIpc) is 3.10. The molecule has 0 unspecified atom stereocenters. The molecule has 1 fully saturated rings. The van der Waals surface area contributed by atoms with Gasteiger partial charge in [-0.2, -0.15) is 5.26 Å². The smallest absolute Gasteiger partial charge is 0.145 e. The average molecular weight is 218 g/mol. The van der Waals surface area contributed by atoms with Crippen molar-refractivity contribution in [2.45, 2.75) is 25.8 Å². The van der Waals surface area contributed by atoms with Crippen molar-refractivity contribution >= 4 is 0 Å². The molecule has 0 spiro atoms. The third-order valence-corrected chi connectivity index (χ3v) is 2.94. The second-order valence-corrected chi connectivity index (χ2v) is 4.30. The maximum absolute atomic E-state index is 13.6. The van der Waals surface area contributed by atoms with Gasteiger partial charge < -0.3 is 5.32 Å². The maximum atomic E-state index is 13.6. The van der Waals surface area contributed by atoms with Crippen molar-refractivity contribution in [3.63, 3.8) is 0 Å². The van der Waals surface area contributed by atoms with Gasteiger partial charge in [-0.25, -0.2) is 4.39 Å². The lowest BCUT2D eigenvalue weighted by molar-refractivity contribution is 0.569. The van der Waals surface area contributed by atoms with Gasteiger partial charge in [-0.05, 0) is 24.9 Å². The van der Waals surface area contributed by atoms with E-state index in [-0.39, 0.29) is 11.4 Å². The molecule has 0 saturated heterocycles. The second kappa shape index (κ2) is 5.09. The fourth-order valence-corrected chi connectivity index (χ4v) is 1.74. The highest BCUT2D eigenvalue weighted by Crippen LogP contribution is 2.31. The minimum absolute atomic E-state index is 0.126. The summed E-state index contributed by atoms with van der Waals surface area (Å²) >= 11 is 0. The largest absolute Gasteiger partial charge is 0.313 e. The minimum atomic E-state index is -0.385. The molecule has 0 bridgehead atoms. The van der Waals surface area contributed by atoms with Crippen LogP contribution in [0.25, 0.3) is 0 Å². The molecule has 0 aliphatic heterocycles. The Morgan fingerprint density at radius 3 is 2.94 bits per heavy atom. The number of nitrogens with one attached hydrogen (secondary N) is 1. The molecule has 0 heterocycles. The van der Waals surface area contributed by atoms with Gasteiger partial charge in [-0.15, -0.1) is 0 Å². The molecule has 1 aromatic carbocycles. The van der Waals surface area contributed by atoms with Gasteiger partial charge in [0, 0.05) is 12.1 Å². The Bertz CT molecular complexity index is 405. The van der Waals surface area contributed by atoms with Gasteiger partial charge in [0.15, 0.2) is 0 Å². The summed E-state index contributed by atoms with van der Waals surface area (Å²) in [4.78, 5) is 0. The van der Waals surface area contributed by atoms with Gasteiger partial charge >= 0.3 is 0 Å². The van der Waals surface area contributed by atoms with Crippen LogP contribution in [-0.4, -0.2) is 6.54 Å². The van der Waals surface area contributed by atoms with E-state index in [1.165, 1.54) is 25.3 Å². The van der Waals surface area contributed by atoms with Crippen LogP contribution in [0.15, 0.2) is 18.2 Å². The third-order valence-electron chi connectivity index (χ3n) is 2.94. The Morgan fingerprint density at radius 1 is 1.44 bits per heavy atom. The number of hydrogen-bond donors (Lipinski definition) is 1. The lowest BCUT2D eigenvalue weighted by Gasteiger charge is -2.06. The highest BCUT2D eigenvalue weighted by molar-refractivity contribution is 5.34. The number of rotatable bonds is 5. The molecule has 2 nitrogen and oxygen atoms in total. The fourth-order valence-electron chi connectivity index (χ4n) is 1.74. The van der Waals surface area contributed by atoms with Crippen LogP contribution in [0, 0.1) is 23.1 Å². The number of nitriles is 1. The van der Waals surface area contributed by atoms with E-state index in [1.807, 2.05) is 6.07 Å². The molecule has 1 aromatic rings. The van der Waals surface area contributed by atoms with E-state index in [0.717, 1.165) is 12.5 Å². The first kappa shape index (κ1) is 11.1. The van der Waals surface area contributed by atoms with Gasteiger partial charge in [0.05, 0.1) is 5.56 Å². The normalized spacial score (nSPS) is 14.8. The highest BCUT2D eigenvalue weighted by Gasteiger charge is 2.20. The summed E-state index contributed by atoms with van der Waals surface area (Å²) in [6.07, 6.45) is 3.87. The van der Waals surface area contributed by atoms with Crippen LogP contribution in [0.5, 0.6) is 0 Å². The van der Waals surface area contributed by atoms with Gasteiger partial charge in [0.1, 0.15) is 11.9 Å². The summed E-state index contributed by atoms with van der Waals surface area (Å²) in [5, 5.41) is 11.9. The lowest BCUT2D eigenvalue weighted by atomic mass is 10.1. The zero-order chi connectivity index (χ0) is 11.4. The van der Waals surface area contributed by atoms with Gasteiger partial charge in [0.2, 0.25) is 0 Å². The van der Waals surface area contributed by atoms with Crippen molar-refractivity contribution in [3.8, 4) is 6.07 Å². The minimum Gasteiger partial charge on any atom is -0.313 e. The van der Waals surface area contributed by atoms with Gasteiger partial charge in [0.25, 0.3) is 0 Å². The first-order valence-corrected chi connectivity index (χ1v) is 5.69. The van der Waals surface area contributed by atoms with Crippen LogP contribution in [0.2, 0.25) is 0 Å². The Balaban J connectivity index is 1.85. The van der Waals surface area contributed by atoms with Crippen molar-refractivity contribution < 1.29 is 4.39 Å². The van der Waals surface area contributed by atoms with Crippen LogP contribution in [0.4, 0.5) is 4.39 Å². The monoisotopic (exact) mass is 218 g/mol. The second-order valence-electron chi connectivity index (χ2n) is 4.30. The Kier molecular flexibility index (Phi) is 3.53. The molecule has 0 atom stereocenters. The summed E-state index contributed by atoms with van der Waals surface area (Å²) < 4.78 is 13.6. The fraction of sp³-hybridized carbons (Fsp3) is 0.462. The molecule has 1 N–H and O–H groups in total. The maximum Gasteiger partial charge on any atom is 0.145 e. The van der Waals surface area contributed by atoms with E-state index in [9.17, 15) is 4.39 Å². The highest BCUT2D eigenvalue weighted by atomic mass is 19.1. The summed E-state index contributed by atoms with van der Waals surface area (Å²) in [5.41, 5.74) is 0.705. The summed E-state index contributed by atoms with van der Waals surface area (Å²) in [6.45, 7) is 1.44. The van der Waals surface area contributed by atoms with Gasteiger partial charge in [-0.1, -0.05) is 25.0 Å². The zero-order valence-corrected chi connectivity index (χ0v) is 9.17. The molecule has 84 valence electrons. The molecule has 2 rings (SSSR count). The molecule has 16 heavy (non-hydrogen) atoms. The van der Waals surface area contributed by atoms with Crippen LogP contribution >= 0.6 is 0 Å². The molecule has 0 radical (unpaired) electrons. The van der Waals surface area contributed by atoms with Crippen LogP contribution in [0.1, 0.15) is 30.4 Å². The first-order valence-electron chi connectivity index (χ1n) is 5.69. The number of hydrogen-bond acceptors (Lipinski definition) is 2. The van der Waals surface area contributed by atoms with Crippen molar-refractivity contribution in [2.75, 3.05) is 6.54 Å². The van der Waals surface area contributed by atoms with Gasteiger partial charge in [-0.3, -0.25) is 0 Å². The van der Waals surface area contributed by atoms with E-state index >= 15 is 0 Å². The van der Waals surface area contributed by atoms with E-state index in [0.29, 0.717) is 12.1 Å². The number of nitrogens with zero attached hydrogens (tertiary/aromatic N) is 1. The molecule has 1 aliphatic rings. The molecule has 1 aliphatic carbocycles. The Labute approximate surface area is 95.1 Å². The standard InChI is InChI=1S/C13H15FN2/c14-13-11(8-15)2-1-3-12(13)9-16-7-6-10-4-5-10/h1-3,10,16H,4-7,9H2. The SMILES string of the molecule is N#Cc1cccc(CNCCC2CC2)c1F. The molecular formula is C13H15FN2. The quantitative estimate of drug-likeness (QED) is 0.771. The molecule has 3 heteroatoms. The van der Waals surface area contributed by atoms with Crippen molar-refractivity contribution in [1.29, 1.82) is 5.26 Å². The topological polar surface area (TPSA) is 35.8 Å². The Morgan fingerprint density at radius 2 is 2.25 bits per heavy atom. The summed E-state index contributed by atoms with van der Waals surface area (Å²) in [7, 11) is 0. The number of halogens is 1. The van der Waals surface area contributed by atoms with Crippen molar-refractivity contribution in [3.05, 3.63) is 35.1 Å². The van der Waals surface area contributed by atoms with Crippen LogP contribution in [-0.2, 0) is 6.54 Å². The lowest BCUT2D eigenvalue weighted by Crippen LogP contribution is -2.16. The third kappa shape index (κ3) is 2.80. The summed E-state index contributed by atoms with van der Waals surface area (Å²) in [6, 6.07) is 6.80. The molecular weight excluding hydrogens is 203 g/mol. The van der Waals surface area contributed by atoms with E-state index < -0.39 is 0 Å². The zero-order valence-electron chi connectivity index (χ0n) is 9.17. The van der Waals surface area contributed by atoms with Crippen LogP contribution in [0.3, 0.4) is 0 Å². The van der Waals surface area contributed by atoms with Crippen LogP contribution < -0.4 is 5.32 Å². The van der Waals surface area contributed by atoms with E-state index in [4.69, 9.17) is 5.26 Å². The molecule has 1 saturated carbocycles. The predicted octanol–water partition coefficient (Wildman–Crippen LogP) is 2.59. The molecule has 0 aromatic heterocycles. The van der Waals surface area contributed by atoms with Crippen molar-refractivity contribution in [1.82, 2.24) is 5.32 Å². The van der Waals surface area contributed by atoms with Crippen molar-refractivity contribution in [2.24, 2.45) is 5.92 Å².